The number of halogens is 1. The van der Waals surface area contributed by atoms with Crippen molar-refractivity contribution in [3.8, 4) is 11.1 Å². The van der Waals surface area contributed by atoms with Gasteiger partial charge >= 0.3 is 0 Å². The molecule has 29 heavy (non-hydrogen) atoms. The molecule has 0 atom stereocenters. The third-order valence-corrected chi connectivity index (χ3v) is 6.06. The van der Waals surface area contributed by atoms with Crippen LogP contribution in [0.1, 0.15) is 18.7 Å². The molecule has 1 saturated heterocycles. The molecular weight excluding hydrogens is 410 g/mol. The number of aromatic nitrogens is 4. The average Bonchev–Trinajstić information content (AvgIpc) is 3.48. The Morgan fingerprint density at radius 3 is 2.72 bits per heavy atom. The van der Waals surface area contributed by atoms with Gasteiger partial charge in [0.15, 0.2) is 0 Å². The molecule has 0 aliphatic carbocycles. The summed E-state index contributed by atoms with van der Waals surface area (Å²) in [5.74, 6) is 0.648. The topological polar surface area (TPSA) is 81.1 Å². The molecule has 0 spiro atoms. The van der Waals surface area contributed by atoms with Crippen LogP contribution in [0.2, 0.25) is 5.02 Å². The van der Waals surface area contributed by atoms with Crippen molar-refractivity contribution in [1.82, 2.24) is 25.1 Å². The summed E-state index contributed by atoms with van der Waals surface area (Å²) >= 11 is 7.34. The summed E-state index contributed by atoms with van der Waals surface area (Å²) < 4.78 is 11.5. The van der Waals surface area contributed by atoms with Gasteiger partial charge < -0.3 is 13.7 Å². The van der Waals surface area contributed by atoms with Gasteiger partial charge in [0.05, 0.1) is 5.39 Å². The SMILES string of the molecule is Clc1ccc(-c2coc3ncnc(Sc4nnc(CCN5CCCC5)o4)c23)cc1. The van der Waals surface area contributed by atoms with Crippen LogP contribution in [-0.2, 0) is 6.42 Å². The van der Waals surface area contributed by atoms with Gasteiger partial charge in [0.2, 0.25) is 11.6 Å². The lowest BCUT2D eigenvalue weighted by Gasteiger charge is -2.11. The van der Waals surface area contributed by atoms with Crippen molar-refractivity contribution in [2.45, 2.75) is 29.5 Å². The molecule has 1 aromatic carbocycles. The van der Waals surface area contributed by atoms with E-state index in [9.17, 15) is 0 Å². The van der Waals surface area contributed by atoms with Crippen LogP contribution >= 0.6 is 23.4 Å². The fraction of sp³-hybridized carbons (Fsp3) is 0.300. The lowest BCUT2D eigenvalue weighted by Crippen LogP contribution is -2.21. The van der Waals surface area contributed by atoms with E-state index in [0.29, 0.717) is 26.9 Å². The third-order valence-electron chi connectivity index (χ3n) is 4.96. The number of hydrogen-bond acceptors (Lipinski definition) is 8. The van der Waals surface area contributed by atoms with Gasteiger partial charge in [-0.15, -0.1) is 10.2 Å². The predicted octanol–water partition coefficient (Wildman–Crippen LogP) is 4.72. The van der Waals surface area contributed by atoms with Crippen molar-refractivity contribution >= 4 is 34.5 Å². The fourth-order valence-corrected chi connectivity index (χ4v) is 4.40. The molecule has 4 aromatic rings. The number of hydrogen-bond donors (Lipinski definition) is 0. The first-order valence-corrected chi connectivity index (χ1v) is 10.7. The molecule has 3 aromatic heterocycles. The molecular formula is C20H18ClN5O2S. The van der Waals surface area contributed by atoms with E-state index >= 15 is 0 Å². The van der Waals surface area contributed by atoms with Crippen LogP contribution in [0.15, 0.2) is 55.9 Å². The lowest BCUT2D eigenvalue weighted by molar-refractivity contribution is 0.320. The van der Waals surface area contributed by atoms with E-state index in [1.807, 2.05) is 24.3 Å². The van der Waals surface area contributed by atoms with E-state index in [2.05, 4.69) is 25.1 Å². The molecule has 1 aliphatic heterocycles. The second-order valence-corrected chi connectivity index (χ2v) is 8.25. The summed E-state index contributed by atoms with van der Waals surface area (Å²) in [7, 11) is 0. The molecule has 1 aliphatic rings. The molecule has 0 unspecified atom stereocenters. The van der Waals surface area contributed by atoms with Gasteiger partial charge in [-0.1, -0.05) is 23.7 Å². The van der Waals surface area contributed by atoms with E-state index < -0.39 is 0 Å². The van der Waals surface area contributed by atoms with Gasteiger partial charge in [-0.05, 0) is 55.4 Å². The van der Waals surface area contributed by atoms with E-state index in [4.69, 9.17) is 20.4 Å². The summed E-state index contributed by atoms with van der Waals surface area (Å²) in [6, 6.07) is 7.57. The smallest absolute Gasteiger partial charge is 0.282 e. The monoisotopic (exact) mass is 427 g/mol. The Labute approximate surface area is 176 Å². The summed E-state index contributed by atoms with van der Waals surface area (Å²) in [6.07, 6.45) is 6.46. The van der Waals surface area contributed by atoms with Gasteiger partial charge in [-0.3, -0.25) is 0 Å². The molecule has 4 heterocycles. The Balaban J connectivity index is 1.39. The molecule has 9 heteroatoms. The standard InChI is InChI=1S/C20H18ClN5O2S/c21-14-5-3-13(4-6-14)15-11-27-18-17(15)19(23-12-22-18)29-20-25-24-16(28-20)7-10-26-8-1-2-9-26/h3-6,11-12H,1-2,7-10H2. The maximum absolute atomic E-state index is 6.02. The van der Waals surface area contributed by atoms with Crippen molar-refractivity contribution in [3.63, 3.8) is 0 Å². The zero-order chi connectivity index (χ0) is 19.6. The molecule has 1 fully saturated rings. The Morgan fingerprint density at radius 1 is 1.07 bits per heavy atom. The zero-order valence-electron chi connectivity index (χ0n) is 15.5. The largest absolute Gasteiger partial charge is 0.445 e. The highest BCUT2D eigenvalue weighted by molar-refractivity contribution is 7.99. The van der Waals surface area contributed by atoms with Gasteiger partial charge in [-0.2, -0.15) is 0 Å². The number of nitrogens with zero attached hydrogens (tertiary/aromatic N) is 5. The molecule has 5 rings (SSSR count). The summed E-state index contributed by atoms with van der Waals surface area (Å²) in [5, 5.41) is 11.0. The molecule has 0 N–H and O–H groups in total. The summed E-state index contributed by atoms with van der Waals surface area (Å²) in [4.78, 5) is 11.1. The van der Waals surface area contributed by atoms with E-state index in [1.165, 1.54) is 30.9 Å². The number of likely N-dealkylation sites (tertiary alicyclic amines) is 1. The fourth-order valence-electron chi connectivity index (χ4n) is 3.49. The average molecular weight is 428 g/mol. The van der Waals surface area contributed by atoms with Crippen molar-refractivity contribution < 1.29 is 8.83 Å². The predicted molar refractivity (Wildman–Crippen MR) is 110 cm³/mol. The van der Waals surface area contributed by atoms with Crippen LogP contribution in [-0.4, -0.2) is 44.7 Å². The molecule has 0 saturated carbocycles. The zero-order valence-corrected chi connectivity index (χ0v) is 17.1. The van der Waals surface area contributed by atoms with E-state index in [1.54, 1.807) is 6.26 Å². The van der Waals surface area contributed by atoms with Crippen LogP contribution in [0.3, 0.4) is 0 Å². The first-order chi connectivity index (χ1) is 14.3. The van der Waals surface area contributed by atoms with Crippen LogP contribution in [0.25, 0.3) is 22.2 Å². The van der Waals surface area contributed by atoms with Crippen molar-refractivity contribution in [2.24, 2.45) is 0 Å². The van der Waals surface area contributed by atoms with Gasteiger partial charge in [0.25, 0.3) is 5.22 Å². The van der Waals surface area contributed by atoms with Gasteiger partial charge in [0, 0.05) is 23.6 Å². The molecule has 0 amide bonds. The minimum atomic E-state index is 0.463. The van der Waals surface area contributed by atoms with Crippen LogP contribution in [0.4, 0.5) is 0 Å². The van der Waals surface area contributed by atoms with Gasteiger partial charge in [-0.25, -0.2) is 9.97 Å². The quantitative estimate of drug-likeness (QED) is 0.409. The minimum absolute atomic E-state index is 0.463. The maximum Gasteiger partial charge on any atom is 0.282 e. The Kier molecular flexibility index (Phi) is 5.22. The summed E-state index contributed by atoms with van der Waals surface area (Å²) in [5.41, 5.74) is 2.39. The van der Waals surface area contributed by atoms with E-state index in [0.717, 1.165) is 42.6 Å². The molecule has 0 radical (unpaired) electrons. The van der Waals surface area contributed by atoms with Crippen molar-refractivity contribution in [1.29, 1.82) is 0 Å². The maximum atomic E-state index is 6.02. The molecule has 7 nitrogen and oxygen atoms in total. The number of benzene rings is 1. The highest BCUT2D eigenvalue weighted by Gasteiger charge is 2.19. The highest BCUT2D eigenvalue weighted by Crippen LogP contribution is 2.37. The lowest BCUT2D eigenvalue weighted by atomic mass is 10.1. The Bertz CT molecular complexity index is 1120. The number of rotatable bonds is 6. The first-order valence-electron chi connectivity index (χ1n) is 9.47. The van der Waals surface area contributed by atoms with Crippen molar-refractivity contribution in [3.05, 3.63) is 47.8 Å². The van der Waals surface area contributed by atoms with Crippen LogP contribution in [0, 0.1) is 0 Å². The second-order valence-electron chi connectivity index (χ2n) is 6.88. The minimum Gasteiger partial charge on any atom is -0.445 e. The Morgan fingerprint density at radius 2 is 1.90 bits per heavy atom. The number of fused-ring (bicyclic) bond motifs is 1. The normalized spacial score (nSPS) is 14.8. The van der Waals surface area contributed by atoms with E-state index in [-0.39, 0.29) is 0 Å². The van der Waals surface area contributed by atoms with Crippen LogP contribution in [0.5, 0.6) is 0 Å². The van der Waals surface area contributed by atoms with Crippen molar-refractivity contribution in [2.75, 3.05) is 19.6 Å². The van der Waals surface area contributed by atoms with Gasteiger partial charge in [0.1, 0.15) is 17.6 Å². The third kappa shape index (κ3) is 4.01. The first kappa shape index (κ1) is 18.6. The summed E-state index contributed by atoms with van der Waals surface area (Å²) in [6.45, 7) is 3.26. The molecule has 148 valence electrons. The van der Waals surface area contributed by atoms with Crippen LogP contribution < -0.4 is 0 Å². The molecule has 0 bridgehead atoms. The number of furan rings is 1. The highest BCUT2D eigenvalue weighted by atomic mass is 35.5. The Hall–Kier alpha value is -2.42. The second kappa shape index (κ2) is 8.14.